The second kappa shape index (κ2) is 6.71. The standard InChI is InChI=1S/C23H32N4O2/c1-13-18(14(2)24-21-20(13)22(29-4)26-27(21)3)5-6-19(28)25-23-10-15-7-16(11-23)9-17(8-15)12-23/h15-17H,5-12H2,1-4H3,(H,25,28). The van der Waals surface area contributed by atoms with Crippen LogP contribution in [0, 0.1) is 31.6 Å². The molecule has 2 aromatic rings. The van der Waals surface area contributed by atoms with Crippen molar-refractivity contribution in [2.75, 3.05) is 7.11 Å². The van der Waals surface area contributed by atoms with E-state index in [-0.39, 0.29) is 11.4 Å². The van der Waals surface area contributed by atoms with E-state index in [1.807, 2.05) is 14.0 Å². The lowest BCUT2D eigenvalue weighted by atomic mass is 9.53. The summed E-state index contributed by atoms with van der Waals surface area (Å²) in [6.07, 6.45) is 9.00. The van der Waals surface area contributed by atoms with Crippen molar-refractivity contribution in [2.24, 2.45) is 24.8 Å². The molecule has 4 saturated carbocycles. The quantitative estimate of drug-likeness (QED) is 0.838. The predicted octanol–water partition coefficient (Wildman–Crippen LogP) is 3.61. The van der Waals surface area contributed by atoms with E-state index < -0.39 is 0 Å². The number of carbonyl (C=O) groups is 1. The summed E-state index contributed by atoms with van der Waals surface area (Å²) in [5.41, 5.74) is 4.16. The van der Waals surface area contributed by atoms with Crippen LogP contribution < -0.4 is 10.1 Å². The average molecular weight is 397 g/mol. The molecule has 29 heavy (non-hydrogen) atoms. The highest BCUT2D eigenvalue weighted by Crippen LogP contribution is 2.55. The maximum absolute atomic E-state index is 12.9. The predicted molar refractivity (Wildman–Crippen MR) is 112 cm³/mol. The van der Waals surface area contributed by atoms with Gasteiger partial charge in [0.25, 0.3) is 0 Å². The van der Waals surface area contributed by atoms with Crippen molar-refractivity contribution in [1.29, 1.82) is 0 Å². The number of methoxy groups -OCH3 is 1. The number of nitrogens with zero attached hydrogens (tertiary/aromatic N) is 3. The summed E-state index contributed by atoms with van der Waals surface area (Å²) in [5.74, 6) is 3.33. The Morgan fingerprint density at radius 2 is 1.79 bits per heavy atom. The third-order valence-electron chi connectivity index (χ3n) is 7.76. The number of hydrogen-bond acceptors (Lipinski definition) is 4. The van der Waals surface area contributed by atoms with Crippen LogP contribution in [0.15, 0.2) is 0 Å². The second-order valence-electron chi connectivity index (χ2n) is 9.88. The Bertz CT molecular complexity index is 942. The van der Waals surface area contributed by atoms with Crippen molar-refractivity contribution in [1.82, 2.24) is 20.1 Å². The lowest BCUT2D eigenvalue weighted by Crippen LogP contribution is -2.59. The first kappa shape index (κ1) is 18.9. The fraction of sp³-hybridized carbons (Fsp3) is 0.696. The third-order valence-corrected chi connectivity index (χ3v) is 7.76. The van der Waals surface area contributed by atoms with Gasteiger partial charge in [-0.1, -0.05) is 0 Å². The summed E-state index contributed by atoms with van der Waals surface area (Å²) in [6, 6.07) is 0. The van der Waals surface area contributed by atoms with Crippen LogP contribution >= 0.6 is 0 Å². The molecule has 1 amide bonds. The van der Waals surface area contributed by atoms with Gasteiger partial charge in [0.15, 0.2) is 5.65 Å². The van der Waals surface area contributed by atoms with E-state index in [0.717, 1.165) is 45.6 Å². The molecule has 2 heterocycles. The smallest absolute Gasteiger partial charge is 0.242 e. The van der Waals surface area contributed by atoms with Crippen LogP contribution in [-0.2, 0) is 18.3 Å². The van der Waals surface area contributed by atoms with Crippen molar-refractivity contribution in [2.45, 2.75) is 70.8 Å². The molecular formula is C23H32N4O2. The lowest BCUT2D eigenvalue weighted by molar-refractivity contribution is -0.126. The number of fused-ring (bicyclic) bond motifs is 1. The van der Waals surface area contributed by atoms with Gasteiger partial charge in [0.05, 0.1) is 12.5 Å². The first-order valence-corrected chi connectivity index (χ1v) is 11.1. The number of pyridine rings is 1. The summed E-state index contributed by atoms with van der Waals surface area (Å²) in [4.78, 5) is 17.7. The number of rotatable bonds is 5. The molecule has 4 bridgehead atoms. The maximum Gasteiger partial charge on any atom is 0.242 e. The van der Waals surface area contributed by atoms with Crippen LogP contribution in [0.4, 0.5) is 0 Å². The van der Waals surface area contributed by atoms with E-state index in [2.05, 4.69) is 17.3 Å². The van der Waals surface area contributed by atoms with Gasteiger partial charge in [0, 0.05) is 24.7 Å². The van der Waals surface area contributed by atoms with E-state index in [1.54, 1.807) is 11.8 Å². The Labute approximate surface area is 172 Å². The Hall–Kier alpha value is -2.11. The Morgan fingerprint density at radius 1 is 1.17 bits per heavy atom. The maximum atomic E-state index is 12.9. The Kier molecular flexibility index (Phi) is 4.37. The number of aryl methyl sites for hydroxylation is 3. The van der Waals surface area contributed by atoms with E-state index >= 15 is 0 Å². The molecular weight excluding hydrogens is 364 g/mol. The normalized spacial score (nSPS) is 30.1. The van der Waals surface area contributed by atoms with Gasteiger partial charge in [0.1, 0.15) is 0 Å². The van der Waals surface area contributed by atoms with Crippen LogP contribution in [0.2, 0.25) is 0 Å². The van der Waals surface area contributed by atoms with Gasteiger partial charge in [-0.3, -0.25) is 4.79 Å². The largest absolute Gasteiger partial charge is 0.479 e. The second-order valence-corrected chi connectivity index (χ2v) is 9.88. The van der Waals surface area contributed by atoms with Gasteiger partial charge in [-0.2, -0.15) is 0 Å². The van der Waals surface area contributed by atoms with Crippen LogP contribution in [-0.4, -0.2) is 33.3 Å². The molecule has 6 rings (SSSR count). The number of ether oxygens (including phenoxy) is 1. The van der Waals surface area contributed by atoms with Crippen molar-refractivity contribution in [3.05, 3.63) is 16.8 Å². The monoisotopic (exact) mass is 396 g/mol. The molecule has 0 atom stereocenters. The number of aromatic nitrogens is 3. The van der Waals surface area contributed by atoms with Gasteiger partial charge in [-0.05, 0) is 87.7 Å². The van der Waals surface area contributed by atoms with Crippen molar-refractivity contribution in [3.63, 3.8) is 0 Å². The number of hydrogen-bond donors (Lipinski definition) is 1. The molecule has 2 aromatic heterocycles. The molecule has 156 valence electrons. The highest BCUT2D eigenvalue weighted by atomic mass is 16.5. The zero-order valence-electron chi connectivity index (χ0n) is 18.0. The van der Waals surface area contributed by atoms with Crippen LogP contribution in [0.1, 0.15) is 61.8 Å². The topological polar surface area (TPSA) is 69.0 Å². The summed E-state index contributed by atoms with van der Waals surface area (Å²) in [6.45, 7) is 4.12. The zero-order valence-corrected chi connectivity index (χ0v) is 18.0. The first-order valence-electron chi connectivity index (χ1n) is 11.1. The minimum atomic E-state index is 0.0880. The van der Waals surface area contributed by atoms with Crippen molar-refractivity contribution >= 4 is 16.9 Å². The summed E-state index contributed by atoms with van der Waals surface area (Å²) in [7, 11) is 3.52. The molecule has 0 aromatic carbocycles. The zero-order chi connectivity index (χ0) is 20.3. The molecule has 4 fully saturated rings. The molecule has 4 aliphatic rings. The summed E-state index contributed by atoms with van der Waals surface area (Å²) in [5, 5.41) is 8.87. The molecule has 0 spiro atoms. The molecule has 0 radical (unpaired) electrons. The molecule has 6 nitrogen and oxygen atoms in total. The summed E-state index contributed by atoms with van der Waals surface area (Å²) < 4.78 is 7.22. The average Bonchev–Trinajstić information content (AvgIpc) is 2.96. The lowest BCUT2D eigenvalue weighted by Gasteiger charge is -2.56. The third kappa shape index (κ3) is 3.11. The molecule has 4 aliphatic carbocycles. The van der Waals surface area contributed by atoms with Crippen LogP contribution in [0.5, 0.6) is 5.88 Å². The fourth-order valence-electron chi connectivity index (χ4n) is 6.97. The van der Waals surface area contributed by atoms with Gasteiger partial charge in [-0.25, -0.2) is 9.67 Å². The molecule has 0 unspecified atom stereocenters. The highest BCUT2D eigenvalue weighted by molar-refractivity contribution is 5.86. The minimum absolute atomic E-state index is 0.0880. The van der Waals surface area contributed by atoms with Gasteiger partial charge < -0.3 is 10.1 Å². The van der Waals surface area contributed by atoms with Crippen molar-refractivity contribution < 1.29 is 9.53 Å². The van der Waals surface area contributed by atoms with Gasteiger partial charge in [-0.15, -0.1) is 5.10 Å². The van der Waals surface area contributed by atoms with E-state index in [4.69, 9.17) is 9.72 Å². The molecule has 6 heteroatoms. The number of nitrogens with one attached hydrogen (secondary N) is 1. The van der Waals surface area contributed by atoms with Crippen LogP contribution in [0.25, 0.3) is 11.0 Å². The molecule has 0 aliphatic heterocycles. The Balaban J connectivity index is 1.32. The summed E-state index contributed by atoms with van der Waals surface area (Å²) >= 11 is 0. The molecule has 1 N–H and O–H groups in total. The van der Waals surface area contributed by atoms with E-state index in [9.17, 15) is 4.79 Å². The Morgan fingerprint density at radius 3 is 2.38 bits per heavy atom. The minimum Gasteiger partial charge on any atom is -0.479 e. The van der Waals surface area contributed by atoms with E-state index in [0.29, 0.717) is 18.7 Å². The van der Waals surface area contributed by atoms with E-state index in [1.165, 1.54) is 38.5 Å². The number of carbonyl (C=O) groups excluding carboxylic acids is 1. The molecule has 0 saturated heterocycles. The van der Waals surface area contributed by atoms with Crippen molar-refractivity contribution in [3.8, 4) is 5.88 Å². The fourth-order valence-corrected chi connectivity index (χ4v) is 6.97. The van der Waals surface area contributed by atoms with Gasteiger partial charge in [0.2, 0.25) is 11.8 Å². The number of amides is 1. The SMILES string of the molecule is COc1nn(C)c2nc(C)c(CCC(=O)NC34CC5CC(CC(C5)C3)C4)c(C)c12. The van der Waals surface area contributed by atoms with Gasteiger partial charge >= 0.3 is 0 Å². The van der Waals surface area contributed by atoms with Crippen LogP contribution in [0.3, 0.4) is 0 Å². The first-order chi connectivity index (χ1) is 13.9. The highest BCUT2D eigenvalue weighted by Gasteiger charge is 2.51.